The smallest absolute Gasteiger partial charge is 0.276 e. The zero-order valence-electron chi connectivity index (χ0n) is 13.9. The van der Waals surface area contributed by atoms with E-state index in [0.29, 0.717) is 17.1 Å². The highest BCUT2D eigenvalue weighted by Crippen LogP contribution is 2.33. The molecule has 2 aromatic carbocycles. The van der Waals surface area contributed by atoms with Gasteiger partial charge in [0.1, 0.15) is 5.70 Å². The van der Waals surface area contributed by atoms with Crippen LogP contribution in [0.2, 0.25) is 0 Å². The van der Waals surface area contributed by atoms with Crippen molar-refractivity contribution >= 4 is 35.0 Å². The van der Waals surface area contributed by atoms with E-state index in [1.165, 1.54) is 17.0 Å². The van der Waals surface area contributed by atoms with Gasteiger partial charge in [-0.05, 0) is 41.6 Å². The number of nitrogens with zero attached hydrogens (tertiary/aromatic N) is 2. The fourth-order valence-corrected chi connectivity index (χ4v) is 3.09. The normalized spacial score (nSPS) is 16.7. The largest absolute Gasteiger partial charge is 0.454 e. The number of nitrogens with one attached hydrogen (secondary N) is 1. The third-order valence-corrected chi connectivity index (χ3v) is 4.45. The molecule has 2 aromatic rings. The van der Waals surface area contributed by atoms with Crippen LogP contribution in [0.15, 0.2) is 48.2 Å². The highest BCUT2D eigenvalue weighted by Gasteiger charge is 2.31. The number of thiocarbonyl (C=S) groups is 1. The average molecular weight is 383 g/mol. The van der Waals surface area contributed by atoms with Crippen LogP contribution in [-0.2, 0) is 11.3 Å². The van der Waals surface area contributed by atoms with E-state index in [-0.39, 0.29) is 35.7 Å². The second-order valence-electron chi connectivity index (χ2n) is 5.92. The molecule has 0 bridgehead atoms. The van der Waals surface area contributed by atoms with Crippen molar-refractivity contribution in [3.05, 3.63) is 69.4 Å². The van der Waals surface area contributed by atoms with Gasteiger partial charge in [-0.2, -0.15) is 0 Å². The van der Waals surface area contributed by atoms with Gasteiger partial charge >= 0.3 is 0 Å². The maximum Gasteiger partial charge on any atom is 0.276 e. The van der Waals surface area contributed by atoms with Crippen molar-refractivity contribution in [3.8, 4) is 11.5 Å². The molecule has 1 amide bonds. The van der Waals surface area contributed by atoms with Crippen molar-refractivity contribution < 1.29 is 19.2 Å². The summed E-state index contributed by atoms with van der Waals surface area (Å²) in [5, 5.41) is 14.0. The topological polar surface area (TPSA) is 93.9 Å². The molecule has 2 aliphatic heterocycles. The molecule has 2 aliphatic rings. The Morgan fingerprint density at radius 3 is 2.85 bits per heavy atom. The van der Waals surface area contributed by atoms with Gasteiger partial charge in [-0.1, -0.05) is 18.2 Å². The number of fused-ring (bicyclic) bond motifs is 1. The number of hydrogen-bond donors (Lipinski definition) is 1. The Kier molecular flexibility index (Phi) is 4.21. The maximum atomic E-state index is 12.7. The molecule has 0 aliphatic carbocycles. The fourth-order valence-electron chi connectivity index (χ4n) is 2.83. The van der Waals surface area contributed by atoms with E-state index in [2.05, 4.69) is 5.32 Å². The van der Waals surface area contributed by atoms with Gasteiger partial charge in [0, 0.05) is 12.1 Å². The first-order chi connectivity index (χ1) is 13.0. The first-order valence-corrected chi connectivity index (χ1v) is 8.39. The van der Waals surface area contributed by atoms with E-state index < -0.39 is 4.92 Å². The molecule has 27 heavy (non-hydrogen) atoms. The number of amides is 1. The number of ether oxygens (including phenoxy) is 2. The molecule has 0 radical (unpaired) electrons. The zero-order chi connectivity index (χ0) is 19.0. The SMILES string of the molecule is O=C1/C(=C/c2cccc([N+](=O)[O-])c2)NC(=S)N1Cc1ccc2c(c1)OCO2. The molecule has 1 fully saturated rings. The molecule has 1 N–H and O–H groups in total. The number of benzene rings is 2. The van der Waals surface area contributed by atoms with Crippen molar-refractivity contribution in [2.45, 2.75) is 6.54 Å². The van der Waals surface area contributed by atoms with Crippen molar-refractivity contribution in [2.24, 2.45) is 0 Å². The van der Waals surface area contributed by atoms with Crippen LogP contribution in [-0.4, -0.2) is 27.6 Å². The quantitative estimate of drug-likeness (QED) is 0.375. The molecule has 0 atom stereocenters. The lowest BCUT2D eigenvalue weighted by molar-refractivity contribution is -0.384. The predicted octanol–water partition coefficient (Wildman–Crippen LogP) is 2.58. The Bertz CT molecular complexity index is 1000. The number of nitro benzene ring substituents is 1. The molecule has 0 spiro atoms. The van der Waals surface area contributed by atoms with Gasteiger partial charge in [0.25, 0.3) is 11.6 Å². The Morgan fingerprint density at radius 1 is 1.22 bits per heavy atom. The van der Waals surface area contributed by atoms with Gasteiger partial charge in [-0.3, -0.25) is 19.8 Å². The van der Waals surface area contributed by atoms with E-state index in [1.54, 1.807) is 30.3 Å². The van der Waals surface area contributed by atoms with Gasteiger partial charge in [0.15, 0.2) is 16.6 Å². The summed E-state index contributed by atoms with van der Waals surface area (Å²) in [5.74, 6) is 0.994. The van der Waals surface area contributed by atoms with E-state index in [4.69, 9.17) is 21.7 Å². The summed E-state index contributed by atoms with van der Waals surface area (Å²) in [6.45, 7) is 0.449. The lowest BCUT2D eigenvalue weighted by atomic mass is 10.1. The third kappa shape index (κ3) is 3.32. The van der Waals surface area contributed by atoms with Crippen LogP contribution in [0.25, 0.3) is 6.08 Å². The number of nitro groups is 1. The standard InChI is InChI=1S/C18H13N3O5S/c22-17-14(7-11-2-1-3-13(6-11)21(23)24)19-18(27)20(17)9-12-4-5-15-16(8-12)26-10-25-15/h1-8H,9-10H2,(H,19,27)/b14-7-. The first-order valence-electron chi connectivity index (χ1n) is 7.99. The number of rotatable bonds is 4. The van der Waals surface area contributed by atoms with Crippen molar-refractivity contribution in [1.82, 2.24) is 10.2 Å². The minimum atomic E-state index is -0.484. The van der Waals surface area contributed by atoms with Crippen LogP contribution >= 0.6 is 12.2 Å². The van der Waals surface area contributed by atoms with E-state index in [9.17, 15) is 14.9 Å². The maximum absolute atomic E-state index is 12.7. The highest BCUT2D eigenvalue weighted by molar-refractivity contribution is 7.80. The molecule has 0 unspecified atom stereocenters. The molecule has 8 nitrogen and oxygen atoms in total. The molecule has 2 heterocycles. The monoisotopic (exact) mass is 383 g/mol. The van der Waals surface area contributed by atoms with Crippen LogP contribution < -0.4 is 14.8 Å². The number of non-ortho nitro benzene ring substituents is 1. The molecule has 0 saturated carbocycles. The molecule has 1 saturated heterocycles. The van der Waals surface area contributed by atoms with Crippen molar-refractivity contribution in [1.29, 1.82) is 0 Å². The molecule has 9 heteroatoms. The Balaban J connectivity index is 1.55. The Labute approximate surface area is 159 Å². The summed E-state index contributed by atoms with van der Waals surface area (Å²) < 4.78 is 10.6. The van der Waals surface area contributed by atoms with E-state index in [0.717, 1.165) is 5.56 Å². The summed E-state index contributed by atoms with van der Waals surface area (Å²) in [5.41, 5.74) is 1.59. The van der Waals surface area contributed by atoms with Gasteiger partial charge in [0.05, 0.1) is 11.5 Å². The molecular weight excluding hydrogens is 370 g/mol. The Hall–Kier alpha value is -3.46. The van der Waals surface area contributed by atoms with Crippen molar-refractivity contribution in [3.63, 3.8) is 0 Å². The van der Waals surface area contributed by atoms with Gasteiger partial charge < -0.3 is 14.8 Å². The number of carbonyl (C=O) groups is 1. The second kappa shape index (κ2) is 6.69. The van der Waals surface area contributed by atoms with Crippen molar-refractivity contribution in [2.75, 3.05) is 6.79 Å². The predicted molar refractivity (Wildman–Crippen MR) is 99.9 cm³/mol. The fraction of sp³-hybridized carbons (Fsp3) is 0.111. The summed E-state index contributed by atoms with van der Waals surface area (Å²) in [7, 11) is 0. The van der Waals surface area contributed by atoms with Crippen LogP contribution in [0.4, 0.5) is 5.69 Å². The first kappa shape index (κ1) is 17.0. The van der Waals surface area contributed by atoms with Crippen LogP contribution in [0.1, 0.15) is 11.1 Å². The summed E-state index contributed by atoms with van der Waals surface area (Å²) in [4.78, 5) is 24.5. The molecular formula is C18H13N3O5S. The van der Waals surface area contributed by atoms with Crippen LogP contribution in [0, 0.1) is 10.1 Å². The van der Waals surface area contributed by atoms with E-state index in [1.807, 2.05) is 6.07 Å². The summed E-state index contributed by atoms with van der Waals surface area (Å²) in [6, 6.07) is 11.5. The lowest BCUT2D eigenvalue weighted by Crippen LogP contribution is -2.29. The average Bonchev–Trinajstić information content (AvgIpc) is 3.22. The molecule has 136 valence electrons. The summed E-state index contributed by atoms with van der Waals surface area (Å²) >= 11 is 5.27. The lowest BCUT2D eigenvalue weighted by Gasteiger charge is -2.14. The van der Waals surface area contributed by atoms with Gasteiger partial charge in [-0.15, -0.1) is 0 Å². The molecule has 0 aromatic heterocycles. The van der Waals surface area contributed by atoms with Gasteiger partial charge in [-0.25, -0.2) is 0 Å². The number of carbonyl (C=O) groups excluding carboxylic acids is 1. The molecule has 4 rings (SSSR count). The second-order valence-corrected chi connectivity index (χ2v) is 6.31. The minimum absolute atomic E-state index is 0.0467. The van der Waals surface area contributed by atoms with Crippen LogP contribution in [0.5, 0.6) is 11.5 Å². The zero-order valence-corrected chi connectivity index (χ0v) is 14.7. The Morgan fingerprint density at radius 2 is 2.04 bits per heavy atom. The highest BCUT2D eigenvalue weighted by atomic mass is 32.1. The minimum Gasteiger partial charge on any atom is -0.454 e. The summed E-state index contributed by atoms with van der Waals surface area (Å²) in [6.07, 6.45) is 1.54. The van der Waals surface area contributed by atoms with Crippen LogP contribution in [0.3, 0.4) is 0 Å². The van der Waals surface area contributed by atoms with Gasteiger partial charge in [0.2, 0.25) is 6.79 Å². The third-order valence-electron chi connectivity index (χ3n) is 4.13. The van der Waals surface area contributed by atoms with E-state index >= 15 is 0 Å². The number of hydrogen-bond acceptors (Lipinski definition) is 6.